The van der Waals surface area contributed by atoms with E-state index in [1.165, 1.54) is 24.4 Å². The molecule has 0 radical (unpaired) electrons. The molecule has 4 N–H and O–H groups in total. The maximum absolute atomic E-state index is 12.1. The molecule has 0 saturated heterocycles. The number of nitrogens with one attached hydrogen (secondary N) is 1. The predicted octanol–water partition coefficient (Wildman–Crippen LogP) is 0.992. The van der Waals surface area contributed by atoms with Crippen molar-refractivity contribution in [1.29, 1.82) is 0 Å². The molecular formula is C11H14N4O3S. The Morgan fingerprint density at radius 3 is 2.79 bits per heavy atom. The quantitative estimate of drug-likeness (QED) is 0.572. The fraction of sp³-hybridized carbons (Fsp3) is 0.182. The third-order valence-corrected chi connectivity index (χ3v) is 3.90. The van der Waals surface area contributed by atoms with Gasteiger partial charge in [0.05, 0.1) is 22.5 Å². The Kier molecular flexibility index (Phi) is 3.34. The number of phenols is 1. The van der Waals surface area contributed by atoms with Crippen LogP contribution in [0.5, 0.6) is 5.75 Å². The maximum atomic E-state index is 12.1. The van der Waals surface area contributed by atoms with Crippen molar-refractivity contribution in [3.8, 4) is 5.75 Å². The van der Waals surface area contributed by atoms with Gasteiger partial charge in [0, 0.05) is 12.7 Å². The number of rotatable bonds is 4. The van der Waals surface area contributed by atoms with Crippen molar-refractivity contribution in [3.05, 3.63) is 30.6 Å². The third-order valence-electron chi connectivity index (χ3n) is 2.52. The number of sulfonamides is 1. The van der Waals surface area contributed by atoms with Gasteiger partial charge in [-0.1, -0.05) is 0 Å². The molecule has 1 heterocycles. The van der Waals surface area contributed by atoms with Gasteiger partial charge in [0.25, 0.3) is 10.0 Å². The van der Waals surface area contributed by atoms with Gasteiger partial charge in [-0.2, -0.15) is 5.10 Å². The molecule has 0 bridgehead atoms. The van der Waals surface area contributed by atoms with Crippen molar-refractivity contribution in [1.82, 2.24) is 9.78 Å². The highest BCUT2D eigenvalue weighted by atomic mass is 32.2. The van der Waals surface area contributed by atoms with E-state index in [1.807, 2.05) is 6.92 Å². The first-order valence-corrected chi connectivity index (χ1v) is 7.04. The zero-order valence-corrected chi connectivity index (χ0v) is 11.1. The fourth-order valence-electron chi connectivity index (χ4n) is 1.50. The number of nitrogens with zero attached hydrogens (tertiary/aromatic N) is 2. The summed E-state index contributed by atoms with van der Waals surface area (Å²) in [6.45, 7) is 2.54. The van der Waals surface area contributed by atoms with E-state index in [2.05, 4.69) is 9.82 Å². The lowest BCUT2D eigenvalue weighted by Gasteiger charge is -2.07. The van der Waals surface area contributed by atoms with Crippen LogP contribution in [0.1, 0.15) is 6.92 Å². The van der Waals surface area contributed by atoms with Crippen molar-refractivity contribution in [2.75, 3.05) is 10.5 Å². The average Bonchev–Trinajstić information content (AvgIpc) is 2.79. The number of phenolic OH excluding ortho intramolecular Hbond substituents is 1. The summed E-state index contributed by atoms with van der Waals surface area (Å²) in [7, 11) is -3.74. The summed E-state index contributed by atoms with van der Waals surface area (Å²) >= 11 is 0. The van der Waals surface area contributed by atoms with E-state index in [0.29, 0.717) is 12.2 Å². The van der Waals surface area contributed by atoms with Crippen LogP contribution in [0.2, 0.25) is 0 Å². The molecule has 0 unspecified atom stereocenters. The highest BCUT2D eigenvalue weighted by Gasteiger charge is 2.16. The molecule has 0 fully saturated rings. The standard InChI is InChI=1S/C11H14N4O3S/c1-2-15-7-8(6-13-15)14-19(17,18)9-3-4-11(16)10(12)5-9/h3-7,14,16H,2,12H2,1H3. The zero-order chi connectivity index (χ0) is 14.0. The highest BCUT2D eigenvalue weighted by Crippen LogP contribution is 2.24. The Morgan fingerprint density at radius 1 is 1.47 bits per heavy atom. The molecule has 0 aliphatic rings. The van der Waals surface area contributed by atoms with Crippen LogP contribution < -0.4 is 10.5 Å². The van der Waals surface area contributed by atoms with Gasteiger partial charge in [-0.3, -0.25) is 9.40 Å². The summed E-state index contributed by atoms with van der Waals surface area (Å²) in [5.74, 6) is -0.155. The Labute approximate surface area is 110 Å². The van der Waals surface area contributed by atoms with Crippen LogP contribution in [0.4, 0.5) is 11.4 Å². The lowest BCUT2D eigenvalue weighted by atomic mass is 10.3. The van der Waals surface area contributed by atoms with Crippen LogP contribution in [0, 0.1) is 0 Å². The fourth-order valence-corrected chi connectivity index (χ4v) is 2.57. The lowest BCUT2D eigenvalue weighted by Crippen LogP contribution is -2.12. The highest BCUT2D eigenvalue weighted by molar-refractivity contribution is 7.92. The molecule has 1 aromatic heterocycles. The van der Waals surface area contributed by atoms with E-state index in [1.54, 1.807) is 10.9 Å². The van der Waals surface area contributed by atoms with Crippen LogP contribution in [0.15, 0.2) is 35.5 Å². The molecule has 0 atom stereocenters. The normalized spacial score (nSPS) is 11.4. The van der Waals surface area contributed by atoms with Crippen LogP contribution in [-0.4, -0.2) is 23.3 Å². The molecule has 8 heteroatoms. The zero-order valence-electron chi connectivity index (χ0n) is 10.2. The predicted molar refractivity (Wildman–Crippen MR) is 71.2 cm³/mol. The van der Waals surface area contributed by atoms with Crippen LogP contribution in [-0.2, 0) is 16.6 Å². The van der Waals surface area contributed by atoms with Crippen LogP contribution in [0.25, 0.3) is 0 Å². The third kappa shape index (κ3) is 2.79. The Balaban J connectivity index is 2.29. The number of benzene rings is 1. The second-order valence-electron chi connectivity index (χ2n) is 3.91. The minimum Gasteiger partial charge on any atom is -0.506 e. The number of aryl methyl sites for hydroxylation is 1. The van der Waals surface area contributed by atoms with Crippen LogP contribution >= 0.6 is 0 Å². The van der Waals surface area contributed by atoms with Gasteiger partial charge in [-0.05, 0) is 25.1 Å². The summed E-state index contributed by atoms with van der Waals surface area (Å²) < 4.78 is 28.1. The molecule has 0 saturated carbocycles. The van der Waals surface area contributed by atoms with E-state index in [-0.39, 0.29) is 16.3 Å². The molecule has 1 aromatic carbocycles. The summed E-state index contributed by atoms with van der Waals surface area (Å²) in [5, 5.41) is 13.3. The number of anilines is 2. The van der Waals surface area contributed by atoms with Gasteiger partial charge in [0.1, 0.15) is 5.75 Å². The van der Waals surface area contributed by atoms with Gasteiger partial charge >= 0.3 is 0 Å². The summed E-state index contributed by atoms with van der Waals surface area (Å²) in [6.07, 6.45) is 3.01. The van der Waals surface area contributed by atoms with Crippen molar-refractivity contribution < 1.29 is 13.5 Å². The first kappa shape index (κ1) is 13.2. The summed E-state index contributed by atoms with van der Waals surface area (Å²) in [5.41, 5.74) is 5.85. The van der Waals surface area contributed by atoms with E-state index in [0.717, 1.165) is 0 Å². The van der Waals surface area contributed by atoms with Gasteiger partial charge in [0.15, 0.2) is 0 Å². The monoisotopic (exact) mass is 282 g/mol. The van der Waals surface area contributed by atoms with Crippen molar-refractivity contribution in [2.45, 2.75) is 18.4 Å². The Hall–Kier alpha value is -2.22. The molecule has 102 valence electrons. The van der Waals surface area contributed by atoms with Gasteiger partial charge in [-0.25, -0.2) is 8.42 Å². The van der Waals surface area contributed by atoms with E-state index in [4.69, 9.17) is 5.73 Å². The minimum absolute atomic E-state index is 0.00660. The number of hydrogen-bond donors (Lipinski definition) is 3. The number of hydrogen-bond acceptors (Lipinski definition) is 5. The molecule has 19 heavy (non-hydrogen) atoms. The smallest absolute Gasteiger partial charge is 0.262 e. The van der Waals surface area contributed by atoms with E-state index >= 15 is 0 Å². The maximum Gasteiger partial charge on any atom is 0.262 e. The second-order valence-corrected chi connectivity index (χ2v) is 5.59. The minimum atomic E-state index is -3.74. The molecule has 0 aliphatic heterocycles. The second kappa shape index (κ2) is 4.81. The largest absolute Gasteiger partial charge is 0.506 e. The number of nitrogens with two attached hydrogens (primary N) is 1. The van der Waals surface area contributed by atoms with E-state index < -0.39 is 10.0 Å². The van der Waals surface area contributed by atoms with Crippen molar-refractivity contribution in [3.63, 3.8) is 0 Å². The average molecular weight is 282 g/mol. The van der Waals surface area contributed by atoms with Gasteiger partial charge in [-0.15, -0.1) is 0 Å². The number of nitrogen functional groups attached to an aromatic ring is 1. The molecule has 0 spiro atoms. The van der Waals surface area contributed by atoms with E-state index in [9.17, 15) is 13.5 Å². The summed E-state index contributed by atoms with van der Waals surface area (Å²) in [6, 6.07) is 3.71. The molecular weight excluding hydrogens is 268 g/mol. The Morgan fingerprint density at radius 2 is 2.21 bits per heavy atom. The molecule has 0 aliphatic carbocycles. The first-order chi connectivity index (χ1) is 8.92. The van der Waals surface area contributed by atoms with Crippen LogP contribution in [0.3, 0.4) is 0 Å². The number of aromatic nitrogens is 2. The SMILES string of the molecule is CCn1cc(NS(=O)(=O)c2ccc(O)c(N)c2)cn1. The molecule has 2 rings (SSSR count). The molecule has 2 aromatic rings. The molecule has 7 nitrogen and oxygen atoms in total. The van der Waals surface area contributed by atoms with Gasteiger partial charge in [0.2, 0.25) is 0 Å². The lowest BCUT2D eigenvalue weighted by molar-refractivity contribution is 0.477. The topological polar surface area (TPSA) is 110 Å². The van der Waals surface area contributed by atoms with Gasteiger partial charge < -0.3 is 10.8 Å². The Bertz CT molecular complexity index is 694. The van der Waals surface area contributed by atoms with Crippen molar-refractivity contribution in [2.24, 2.45) is 0 Å². The first-order valence-electron chi connectivity index (χ1n) is 5.56. The van der Waals surface area contributed by atoms with Crippen molar-refractivity contribution >= 4 is 21.4 Å². The molecule has 0 amide bonds. The summed E-state index contributed by atoms with van der Waals surface area (Å²) in [4.78, 5) is -0.0213. The number of aromatic hydroxyl groups is 1.